The molecule has 1 fully saturated rings. The van der Waals surface area contributed by atoms with Gasteiger partial charge in [-0.2, -0.15) is 0 Å². The molecule has 3 aromatic rings. The third kappa shape index (κ3) is 3.33. The van der Waals surface area contributed by atoms with Crippen LogP contribution in [-0.2, 0) is 5.60 Å². The number of imidazole rings is 1. The molecular weight excluding hydrogens is 359 g/mol. The number of aromatic nitrogens is 2. The van der Waals surface area contributed by atoms with Gasteiger partial charge in [-0.15, -0.1) is 0 Å². The average molecular weight is 382 g/mol. The van der Waals surface area contributed by atoms with Crippen LogP contribution in [0, 0.1) is 11.7 Å². The Morgan fingerprint density at radius 2 is 1.89 bits per heavy atom. The van der Waals surface area contributed by atoms with E-state index in [1.165, 1.54) is 12.1 Å². The highest BCUT2D eigenvalue weighted by molar-refractivity contribution is 5.77. The molecule has 1 aliphatic rings. The van der Waals surface area contributed by atoms with Gasteiger partial charge in [-0.3, -0.25) is 0 Å². The summed E-state index contributed by atoms with van der Waals surface area (Å²) in [4.78, 5) is 22.1. The highest BCUT2D eigenvalue weighted by Gasteiger charge is 2.45. The summed E-state index contributed by atoms with van der Waals surface area (Å²) >= 11 is 0. The van der Waals surface area contributed by atoms with Crippen LogP contribution in [0.5, 0.6) is 0 Å². The fourth-order valence-electron chi connectivity index (χ4n) is 3.57. The van der Waals surface area contributed by atoms with E-state index in [-0.39, 0.29) is 36.9 Å². The summed E-state index contributed by atoms with van der Waals surface area (Å²) in [5.41, 5.74) is 1.24. The van der Waals surface area contributed by atoms with Crippen molar-refractivity contribution in [2.24, 2.45) is 5.92 Å². The fourth-order valence-corrected chi connectivity index (χ4v) is 3.57. The van der Waals surface area contributed by atoms with Gasteiger partial charge in [-0.1, -0.05) is 38.1 Å². The summed E-state index contributed by atoms with van der Waals surface area (Å²) in [5.74, 6) is 0.479. The van der Waals surface area contributed by atoms with Crippen molar-refractivity contribution in [2.45, 2.75) is 25.5 Å². The van der Waals surface area contributed by atoms with Gasteiger partial charge in [0.1, 0.15) is 17.2 Å². The van der Waals surface area contributed by atoms with E-state index in [2.05, 4.69) is 15.3 Å². The second kappa shape index (κ2) is 6.91. The van der Waals surface area contributed by atoms with E-state index in [1.54, 1.807) is 17.0 Å². The Bertz CT molecular complexity index is 960. The maximum atomic E-state index is 13.1. The lowest BCUT2D eigenvalue weighted by molar-refractivity contribution is -0.0821. The Kier molecular flexibility index (Phi) is 4.55. The lowest BCUT2D eigenvalue weighted by atomic mass is 9.86. The van der Waals surface area contributed by atoms with Crippen LogP contribution in [0.3, 0.4) is 0 Å². The topological polar surface area (TPSA) is 81.2 Å². The van der Waals surface area contributed by atoms with Crippen LogP contribution in [0.1, 0.15) is 31.3 Å². The summed E-state index contributed by atoms with van der Waals surface area (Å²) in [5, 5.41) is 13.7. The summed E-state index contributed by atoms with van der Waals surface area (Å²) in [6.07, 6.45) is 0. The molecule has 6 nitrogen and oxygen atoms in total. The number of nitrogens with zero attached hydrogens (tertiary/aromatic N) is 2. The summed E-state index contributed by atoms with van der Waals surface area (Å²) in [7, 11) is 0. The second-order valence-corrected chi connectivity index (χ2v) is 7.70. The second-order valence-electron chi connectivity index (χ2n) is 7.70. The number of hydrogen-bond acceptors (Lipinski definition) is 3. The monoisotopic (exact) mass is 382 g/mol. The Hall–Kier alpha value is -2.93. The van der Waals surface area contributed by atoms with Crippen LogP contribution < -0.4 is 5.32 Å². The predicted molar refractivity (Wildman–Crippen MR) is 104 cm³/mol. The number of carbonyl (C=O) groups is 1. The number of urea groups is 1. The number of nitrogens with one attached hydrogen (secondary N) is 2. The van der Waals surface area contributed by atoms with Crippen LogP contribution in [0.4, 0.5) is 9.18 Å². The molecule has 2 amide bonds. The SMILES string of the molecule is CC(C)[C@H](NC(=O)N1CC(O)(c2ccc(F)cc2)C1)c1nc2ccccc2[nH]1. The highest BCUT2D eigenvalue weighted by Crippen LogP contribution is 2.32. The maximum Gasteiger partial charge on any atom is 0.318 e. The van der Waals surface area contributed by atoms with Crippen molar-refractivity contribution in [1.82, 2.24) is 20.2 Å². The Morgan fingerprint density at radius 3 is 2.54 bits per heavy atom. The van der Waals surface area contributed by atoms with E-state index < -0.39 is 5.60 Å². The minimum Gasteiger partial charge on any atom is -0.381 e. The molecule has 28 heavy (non-hydrogen) atoms. The molecule has 3 N–H and O–H groups in total. The van der Waals surface area contributed by atoms with Crippen molar-refractivity contribution >= 4 is 17.1 Å². The minimum atomic E-state index is -1.14. The number of fused-ring (bicyclic) bond motifs is 1. The molecule has 1 saturated heterocycles. The number of para-hydroxylation sites is 2. The lowest BCUT2D eigenvalue weighted by Crippen LogP contribution is -2.63. The number of halogens is 1. The number of hydrogen-bond donors (Lipinski definition) is 3. The van der Waals surface area contributed by atoms with Gasteiger partial charge < -0.3 is 20.3 Å². The summed E-state index contributed by atoms with van der Waals surface area (Å²) < 4.78 is 13.1. The first-order chi connectivity index (χ1) is 13.4. The van der Waals surface area contributed by atoms with Gasteiger partial charge in [0, 0.05) is 0 Å². The van der Waals surface area contributed by atoms with E-state index in [1.807, 2.05) is 38.1 Å². The van der Waals surface area contributed by atoms with Crippen molar-refractivity contribution in [2.75, 3.05) is 13.1 Å². The number of H-pyrrole nitrogens is 1. The van der Waals surface area contributed by atoms with E-state index in [0.717, 1.165) is 11.0 Å². The van der Waals surface area contributed by atoms with Crippen molar-refractivity contribution < 1.29 is 14.3 Å². The maximum absolute atomic E-state index is 13.1. The number of aliphatic hydroxyl groups is 1. The number of aromatic amines is 1. The Morgan fingerprint density at radius 1 is 1.21 bits per heavy atom. The molecule has 1 atom stereocenters. The van der Waals surface area contributed by atoms with Gasteiger partial charge in [0.05, 0.1) is 30.2 Å². The zero-order chi connectivity index (χ0) is 19.9. The number of rotatable bonds is 4. The van der Waals surface area contributed by atoms with E-state index in [9.17, 15) is 14.3 Å². The molecule has 0 aliphatic carbocycles. The molecule has 0 unspecified atom stereocenters. The van der Waals surface area contributed by atoms with Gasteiger partial charge in [-0.25, -0.2) is 14.2 Å². The molecule has 0 saturated carbocycles. The zero-order valence-corrected chi connectivity index (χ0v) is 15.8. The number of amides is 2. The van der Waals surface area contributed by atoms with Gasteiger partial charge in [0.25, 0.3) is 0 Å². The molecule has 0 spiro atoms. The number of β-amino-alcohol motifs (C(OH)–C–C–N with tert-alkyl or cyclic N) is 1. The van der Waals surface area contributed by atoms with Crippen LogP contribution in [0.2, 0.25) is 0 Å². The molecule has 4 rings (SSSR count). The fraction of sp³-hybridized carbons (Fsp3) is 0.333. The van der Waals surface area contributed by atoms with Gasteiger partial charge in [0.15, 0.2) is 0 Å². The molecular formula is C21H23FN4O2. The predicted octanol–water partition coefficient (Wildman–Crippen LogP) is 3.31. The number of carbonyl (C=O) groups excluding carboxylic acids is 1. The largest absolute Gasteiger partial charge is 0.381 e. The van der Waals surface area contributed by atoms with Crippen LogP contribution in [0.15, 0.2) is 48.5 Å². The van der Waals surface area contributed by atoms with Gasteiger partial charge in [0.2, 0.25) is 0 Å². The van der Waals surface area contributed by atoms with Crippen LogP contribution >= 0.6 is 0 Å². The molecule has 1 aromatic heterocycles. The van der Waals surface area contributed by atoms with Gasteiger partial charge in [-0.05, 0) is 35.7 Å². The van der Waals surface area contributed by atoms with Crippen molar-refractivity contribution in [3.8, 4) is 0 Å². The third-order valence-corrected chi connectivity index (χ3v) is 5.22. The first-order valence-electron chi connectivity index (χ1n) is 9.34. The Balaban J connectivity index is 1.45. The lowest BCUT2D eigenvalue weighted by Gasteiger charge is -2.47. The van der Waals surface area contributed by atoms with Crippen molar-refractivity contribution in [3.63, 3.8) is 0 Å². The van der Waals surface area contributed by atoms with Crippen molar-refractivity contribution in [1.29, 1.82) is 0 Å². The van der Waals surface area contributed by atoms with E-state index in [0.29, 0.717) is 11.4 Å². The summed E-state index contributed by atoms with van der Waals surface area (Å²) in [6, 6.07) is 12.9. The van der Waals surface area contributed by atoms with Crippen LogP contribution in [0.25, 0.3) is 11.0 Å². The average Bonchev–Trinajstić information content (AvgIpc) is 3.07. The first-order valence-corrected chi connectivity index (χ1v) is 9.34. The van der Waals surface area contributed by atoms with Gasteiger partial charge >= 0.3 is 6.03 Å². The Labute approximate surface area is 162 Å². The van der Waals surface area contributed by atoms with Crippen LogP contribution in [-0.4, -0.2) is 39.1 Å². The molecule has 2 aromatic carbocycles. The van der Waals surface area contributed by atoms with E-state index >= 15 is 0 Å². The standard InChI is InChI=1S/C21H23FN4O2/c1-13(2)18(19-23-16-5-3-4-6-17(16)24-19)25-20(27)26-11-21(28,12-26)14-7-9-15(22)10-8-14/h3-10,13,18,28H,11-12H2,1-2H3,(H,23,24)(H,25,27)/t18-/m0/s1. The number of likely N-dealkylation sites (tertiary alicyclic amines) is 1. The molecule has 1 aliphatic heterocycles. The first kappa shape index (κ1) is 18.4. The smallest absolute Gasteiger partial charge is 0.318 e. The zero-order valence-electron chi connectivity index (χ0n) is 15.8. The highest BCUT2D eigenvalue weighted by atomic mass is 19.1. The third-order valence-electron chi connectivity index (χ3n) is 5.22. The molecule has 0 bridgehead atoms. The molecule has 0 radical (unpaired) electrons. The quantitative estimate of drug-likeness (QED) is 0.648. The molecule has 146 valence electrons. The number of benzene rings is 2. The molecule has 7 heteroatoms. The minimum absolute atomic E-state index is 0.127. The summed E-state index contributed by atoms with van der Waals surface area (Å²) in [6.45, 7) is 4.36. The normalized spacial score (nSPS) is 16.8. The van der Waals surface area contributed by atoms with E-state index in [4.69, 9.17) is 0 Å². The molecule has 2 heterocycles. The van der Waals surface area contributed by atoms with Crippen molar-refractivity contribution in [3.05, 3.63) is 65.7 Å².